The minimum Gasteiger partial charge on any atom is -0.497 e. The number of hydrogen-bond acceptors (Lipinski definition) is 6. The highest BCUT2D eigenvalue weighted by Crippen LogP contribution is 2.42. The third-order valence-electron chi connectivity index (χ3n) is 5.91. The first-order valence-electron chi connectivity index (χ1n) is 10.7. The van der Waals surface area contributed by atoms with E-state index in [2.05, 4.69) is 33.5 Å². The first-order chi connectivity index (χ1) is 14.1. The van der Waals surface area contributed by atoms with Crippen molar-refractivity contribution in [2.75, 3.05) is 25.1 Å². The molecule has 0 radical (unpaired) electrons. The zero-order valence-electron chi connectivity index (χ0n) is 17.5. The van der Waals surface area contributed by atoms with E-state index in [0.717, 1.165) is 42.3 Å². The molecule has 1 unspecified atom stereocenters. The van der Waals surface area contributed by atoms with E-state index in [1.54, 1.807) is 18.9 Å². The number of benzene rings is 1. The van der Waals surface area contributed by atoms with Crippen LogP contribution < -0.4 is 9.64 Å². The number of Topliss-reactive ketones (excluding diaryl/α,β-unsaturated/α-hetero) is 1. The van der Waals surface area contributed by atoms with Crippen LogP contribution in [0, 0.1) is 5.92 Å². The molecule has 0 N–H and O–H groups in total. The summed E-state index contributed by atoms with van der Waals surface area (Å²) in [7, 11) is 1.63. The van der Waals surface area contributed by atoms with Gasteiger partial charge < -0.3 is 9.64 Å². The second-order valence-electron chi connectivity index (χ2n) is 8.16. The van der Waals surface area contributed by atoms with E-state index in [4.69, 9.17) is 4.74 Å². The highest BCUT2D eigenvalue weighted by Gasteiger charge is 2.34. The lowest BCUT2D eigenvalue weighted by Crippen LogP contribution is -2.34. The van der Waals surface area contributed by atoms with Crippen LogP contribution in [0.4, 0.5) is 5.95 Å². The SMILES string of the molecule is CCC(Sc1nnc(N2CCC(C)CC2)n1C1CC1)C(=O)c1ccc(OC)cc1. The number of methoxy groups -OCH3 is 1. The number of carbonyl (C=O) groups is 1. The van der Waals surface area contributed by atoms with Gasteiger partial charge in [0.1, 0.15) is 5.75 Å². The summed E-state index contributed by atoms with van der Waals surface area (Å²) in [4.78, 5) is 15.5. The maximum absolute atomic E-state index is 13.1. The Labute approximate surface area is 177 Å². The Hall–Kier alpha value is -2.02. The number of nitrogens with zero attached hydrogens (tertiary/aromatic N) is 4. The lowest BCUT2D eigenvalue weighted by atomic mass is 10.00. The highest BCUT2D eigenvalue weighted by atomic mass is 32.2. The number of rotatable bonds is 8. The summed E-state index contributed by atoms with van der Waals surface area (Å²) >= 11 is 1.56. The van der Waals surface area contributed by atoms with Gasteiger partial charge in [0.05, 0.1) is 12.4 Å². The molecule has 1 atom stereocenters. The van der Waals surface area contributed by atoms with Gasteiger partial charge in [-0.05, 0) is 62.3 Å². The summed E-state index contributed by atoms with van der Waals surface area (Å²) in [5.41, 5.74) is 0.716. The van der Waals surface area contributed by atoms with Gasteiger partial charge in [-0.2, -0.15) is 0 Å². The Morgan fingerprint density at radius 3 is 2.45 bits per heavy atom. The van der Waals surface area contributed by atoms with E-state index in [1.807, 2.05) is 24.3 Å². The van der Waals surface area contributed by atoms with E-state index in [1.165, 1.54) is 25.7 Å². The minimum atomic E-state index is -0.167. The number of hydrogen-bond donors (Lipinski definition) is 0. The molecule has 0 amide bonds. The zero-order chi connectivity index (χ0) is 20.4. The quantitative estimate of drug-likeness (QED) is 0.464. The fourth-order valence-corrected chi connectivity index (χ4v) is 4.91. The van der Waals surface area contributed by atoms with Crippen LogP contribution in [0.15, 0.2) is 29.4 Å². The molecule has 1 aliphatic carbocycles. The molecule has 6 nitrogen and oxygen atoms in total. The molecule has 0 bridgehead atoms. The topological polar surface area (TPSA) is 60.2 Å². The standard InChI is InChI=1S/C22H30N4O2S/c1-4-19(20(27)16-5-9-18(28-3)10-6-16)29-22-24-23-21(26(22)17-7-8-17)25-13-11-15(2)12-14-25/h5-6,9-10,15,17,19H,4,7-8,11-14H2,1-3H3. The largest absolute Gasteiger partial charge is 0.497 e. The Kier molecular flexibility index (Phi) is 6.13. The van der Waals surface area contributed by atoms with Crippen molar-refractivity contribution in [1.29, 1.82) is 0 Å². The normalized spacial score (nSPS) is 18.7. The zero-order valence-corrected chi connectivity index (χ0v) is 18.3. The van der Waals surface area contributed by atoms with Crippen molar-refractivity contribution in [3.05, 3.63) is 29.8 Å². The molecule has 2 heterocycles. The smallest absolute Gasteiger partial charge is 0.228 e. The first kappa shape index (κ1) is 20.3. The lowest BCUT2D eigenvalue weighted by molar-refractivity contribution is 0.0988. The average Bonchev–Trinajstić information content (AvgIpc) is 3.51. The molecule has 2 fully saturated rings. The predicted molar refractivity (Wildman–Crippen MR) is 116 cm³/mol. The number of ether oxygens (including phenoxy) is 1. The molecule has 1 saturated heterocycles. The molecular formula is C22H30N4O2S. The van der Waals surface area contributed by atoms with Crippen molar-refractivity contribution in [2.24, 2.45) is 5.92 Å². The molecule has 1 aliphatic heterocycles. The number of piperidine rings is 1. The number of aromatic nitrogens is 3. The van der Waals surface area contributed by atoms with Gasteiger partial charge in [-0.1, -0.05) is 25.6 Å². The summed E-state index contributed by atoms with van der Waals surface area (Å²) in [5, 5.41) is 9.80. The summed E-state index contributed by atoms with van der Waals surface area (Å²) in [6, 6.07) is 7.85. The fourth-order valence-electron chi connectivity index (χ4n) is 3.82. The summed E-state index contributed by atoms with van der Waals surface area (Å²) in [6.45, 7) is 6.46. The third kappa shape index (κ3) is 4.44. The highest BCUT2D eigenvalue weighted by molar-refractivity contribution is 8.00. The van der Waals surface area contributed by atoms with Crippen molar-refractivity contribution in [3.8, 4) is 5.75 Å². The molecule has 1 aromatic carbocycles. The fraction of sp³-hybridized carbons (Fsp3) is 0.591. The second-order valence-corrected chi connectivity index (χ2v) is 9.33. The average molecular weight is 415 g/mol. The van der Waals surface area contributed by atoms with Crippen LogP contribution in [0.3, 0.4) is 0 Å². The molecule has 29 heavy (non-hydrogen) atoms. The Bertz CT molecular complexity index is 839. The first-order valence-corrected chi connectivity index (χ1v) is 11.5. The Morgan fingerprint density at radius 2 is 1.86 bits per heavy atom. The van der Waals surface area contributed by atoms with Gasteiger partial charge in [-0.15, -0.1) is 10.2 Å². The molecule has 2 aliphatic rings. The van der Waals surface area contributed by atoms with E-state index in [-0.39, 0.29) is 11.0 Å². The van der Waals surface area contributed by atoms with Crippen LogP contribution in [0.5, 0.6) is 5.75 Å². The third-order valence-corrected chi connectivity index (χ3v) is 7.23. The molecule has 7 heteroatoms. The number of thioether (sulfide) groups is 1. The molecular weight excluding hydrogens is 384 g/mol. The molecule has 1 saturated carbocycles. The summed E-state index contributed by atoms with van der Waals surface area (Å²) < 4.78 is 7.50. The maximum Gasteiger partial charge on any atom is 0.228 e. The summed E-state index contributed by atoms with van der Waals surface area (Å²) in [6.07, 6.45) is 5.50. The van der Waals surface area contributed by atoms with Gasteiger partial charge in [0, 0.05) is 24.7 Å². The lowest BCUT2D eigenvalue weighted by Gasteiger charge is -2.31. The monoisotopic (exact) mass is 414 g/mol. The van der Waals surface area contributed by atoms with Crippen molar-refractivity contribution < 1.29 is 9.53 Å². The van der Waals surface area contributed by atoms with Crippen LogP contribution in [0.2, 0.25) is 0 Å². The van der Waals surface area contributed by atoms with Crippen LogP contribution in [-0.4, -0.2) is 46.0 Å². The predicted octanol–water partition coefficient (Wildman–Crippen LogP) is 4.61. The van der Waals surface area contributed by atoms with Crippen molar-refractivity contribution >= 4 is 23.5 Å². The van der Waals surface area contributed by atoms with Gasteiger partial charge >= 0.3 is 0 Å². The van der Waals surface area contributed by atoms with Crippen LogP contribution in [-0.2, 0) is 0 Å². The number of ketones is 1. The van der Waals surface area contributed by atoms with Gasteiger partial charge in [0.2, 0.25) is 5.95 Å². The minimum absolute atomic E-state index is 0.138. The van der Waals surface area contributed by atoms with Gasteiger partial charge in [-0.3, -0.25) is 9.36 Å². The molecule has 4 rings (SSSR count). The van der Waals surface area contributed by atoms with Crippen molar-refractivity contribution in [3.63, 3.8) is 0 Å². The number of anilines is 1. The van der Waals surface area contributed by atoms with Gasteiger partial charge in [-0.25, -0.2) is 0 Å². The van der Waals surface area contributed by atoms with Gasteiger partial charge in [0.25, 0.3) is 0 Å². The van der Waals surface area contributed by atoms with E-state index in [9.17, 15) is 4.79 Å². The molecule has 2 aromatic rings. The second kappa shape index (κ2) is 8.78. The summed E-state index contributed by atoms with van der Waals surface area (Å²) in [5.74, 6) is 2.67. The van der Waals surface area contributed by atoms with Crippen LogP contribution in [0.25, 0.3) is 0 Å². The Balaban J connectivity index is 1.53. The van der Waals surface area contributed by atoms with Crippen LogP contribution in [0.1, 0.15) is 62.4 Å². The van der Waals surface area contributed by atoms with Gasteiger partial charge in [0.15, 0.2) is 10.9 Å². The Morgan fingerprint density at radius 1 is 1.17 bits per heavy atom. The molecule has 156 valence electrons. The van der Waals surface area contributed by atoms with Crippen molar-refractivity contribution in [1.82, 2.24) is 14.8 Å². The van der Waals surface area contributed by atoms with Crippen molar-refractivity contribution in [2.45, 2.75) is 62.4 Å². The maximum atomic E-state index is 13.1. The number of carbonyl (C=O) groups excluding carboxylic acids is 1. The van der Waals surface area contributed by atoms with E-state index in [0.29, 0.717) is 11.6 Å². The van der Waals surface area contributed by atoms with E-state index < -0.39 is 0 Å². The van der Waals surface area contributed by atoms with Crippen LogP contribution >= 0.6 is 11.8 Å². The molecule has 1 aromatic heterocycles. The molecule has 0 spiro atoms. The van der Waals surface area contributed by atoms with E-state index >= 15 is 0 Å².